The van der Waals surface area contributed by atoms with Crippen molar-refractivity contribution in [1.29, 1.82) is 0 Å². The number of carboxylic acids is 1. The second-order valence-corrected chi connectivity index (χ2v) is 6.42. The molecule has 0 bridgehead atoms. The summed E-state index contributed by atoms with van der Waals surface area (Å²) in [5.74, 6) is 1.66. The van der Waals surface area contributed by atoms with Gasteiger partial charge in [0.05, 0.1) is 18.2 Å². The molecular formula is C19H19N3O4. The van der Waals surface area contributed by atoms with Crippen LogP contribution in [0.25, 0.3) is 11.3 Å². The van der Waals surface area contributed by atoms with Gasteiger partial charge in [0.2, 0.25) is 5.89 Å². The van der Waals surface area contributed by atoms with Crippen LogP contribution in [0.4, 0.5) is 0 Å². The van der Waals surface area contributed by atoms with Crippen LogP contribution in [0.1, 0.15) is 46.7 Å². The first-order chi connectivity index (χ1) is 12.6. The molecule has 1 atom stereocenters. The predicted molar refractivity (Wildman–Crippen MR) is 92.5 cm³/mol. The van der Waals surface area contributed by atoms with Crippen molar-refractivity contribution in [1.82, 2.24) is 15.0 Å². The van der Waals surface area contributed by atoms with Crippen LogP contribution in [0.2, 0.25) is 0 Å². The minimum absolute atomic E-state index is 0.118. The second kappa shape index (κ2) is 6.76. The zero-order chi connectivity index (χ0) is 18.1. The third-order valence-electron chi connectivity index (χ3n) is 4.65. The molecule has 2 aromatic heterocycles. The fourth-order valence-corrected chi connectivity index (χ4v) is 3.45. The summed E-state index contributed by atoms with van der Waals surface area (Å²) in [7, 11) is 0. The molecule has 1 aromatic carbocycles. The predicted octanol–water partition coefficient (Wildman–Crippen LogP) is 3.67. The summed E-state index contributed by atoms with van der Waals surface area (Å²) in [6, 6.07) is 10.7. The summed E-state index contributed by atoms with van der Waals surface area (Å²) in [6.45, 7) is 3.34. The Kier molecular flexibility index (Phi) is 4.30. The van der Waals surface area contributed by atoms with E-state index in [1.807, 2.05) is 12.1 Å². The van der Waals surface area contributed by atoms with Gasteiger partial charge in [0.1, 0.15) is 11.5 Å². The molecule has 3 heterocycles. The molecule has 1 fully saturated rings. The van der Waals surface area contributed by atoms with Gasteiger partial charge in [-0.05, 0) is 37.6 Å². The number of carbonyl (C=O) groups is 1. The van der Waals surface area contributed by atoms with Crippen molar-refractivity contribution in [3.63, 3.8) is 0 Å². The molecule has 0 saturated carbocycles. The maximum absolute atomic E-state index is 11.4. The summed E-state index contributed by atoms with van der Waals surface area (Å²) in [6.07, 6.45) is 2.04. The van der Waals surface area contributed by atoms with E-state index in [0.29, 0.717) is 29.6 Å². The third-order valence-corrected chi connectivity index (χ3v) is 4.65. The van der Waals surface area contributed by atoms with Crippen LogP contribution in [0.5, 0.6) is 0 Å². The molecule has 7 nitrogen and oxygen atoms in total. The molecule has 134 valence electrons. The standard InChI is InChI=1S/C19H19N3O4/c1-12-20-18(21-26-12)16-7-4-10-22(16)11-13-8-9-17(25-13)14-5-2-3-6-15(14)19(23)24/h2-3,5-6,8-9,16H,4,7,10-11H2,1H3,(H,23,24)/t16-/m0/s1. The monoisotopic (exact) mass is 353 g/mol. The van der Waals surface area contributed by atoms with Crippen molar-refractivity contribution in [2.24, 2.45) is 0 Å². The third kappa shape index (κ3) is 3.13. The second-order valence-electron chi connectivity index (χ2n) is 6.42. The Labute approximate surface area is 150 Å². The first-order valence-electron chi connectivity index (χ1n) is 8.57. The number of hydrogen-bond acceptors (Lipinski definition) is 6. The van der Waals surface area contributed by atoms with Gasteiger partial charge in [-0.25, -0.2) is 4.79 Å². The topological polar surface area (TPSA) is 92.6 Å². The smallest absolute Gasteiger partial charge is 0.336 e. The van der Waals surface area contributed by atoms with Gasteiger partial charge in [0, 0.05) is 12.5 Å². The lowest BCUT2D eigenvalue weighted by atomic mass is 10.1. The highest BCUT2D eigenvalue weighted by atomic mass is 16.5. The van der Waals surface area contributed by atoms with Crippen LogP contribution in [-0.4, -0.2) is 32.7 Å². The molecule has 1 N–H and O–H groups in total. The van der Waals surface area contributed by atoms with Crippen LogP contribution >= 0.6 is 0 Å². The van der Waals surface area contributed by atoms with Gasteiger partial charge in [-0.15, -0.1) is 0 Å². The van der Waals surface area contributed by atoms with Crippen LogP contribution in [0, 0.1) is 6.92 Å². The summed E-state index contributed by atoms with van der Waals surface area (Å²) < 4.78 is 11.0. The van der Waals surface area contributed by atoms with E-state index in [0.717, 1.165) is 25.1 Å². The molecule has 0 radical (unpaired) electrons. The average molecular weight is 353 g/mol. The number of aromatic nitrogens is 2. The van der Waals surface area contributed by atoms with Gasteiger partial charge in [-0.1, -0.05) is 23.4 Å². The molecule has 1 aliphatic rings. The molecular weight excluding hydrogens is 334 g/mol. The summed E-state index contributed by atoms with van der Waals surface area (Å²) in [5, 5.41) is 13.4. The van der Waals surface area contributed by atoms with E-state index in [1.54, 1.807) is 31.2 Å². The zero-order valence-electron chi connectivity index (χ0n) is 14.4. The lowest BCUT2D eigenvalue weighted by Gasteiger charge is -2.20. The van der Waals surface area contributed by atoms with Crippen LogP contribution in [0.3, 0.4) is 0 Å². The largest absolute Gasteiger partial charge is 0.478 e. The van der Waals surface area contributed by atoms with Gasteiger partial charge >= 0.3 is 5.97 Å². The highest BCUT2D eigenvalue weighted by molar-refractivity contribution is 5.95. The van der Waals surface area contributed by atoms with Crippen LogP contribution < -0.4 is 0 Å². The van der Waals surface area contributed by atoms with Gasteiger partial charge in [-0.2, -0.15) is 4.98 Å². The highest BCUT2D eigenvalue weighted by Crippen LogP contribution is 2.33. The summed E-state index contributed by atoms with van der Waals surface area (Å²) in [4.78, 5) is 18.0. The molecule has 0 aliphatic carbocycles. The SMILES string of the molecule is Cc1nc([C@@H]2CCCN2Cc2ccc(-c3ccccc3C(=O)O)o2)no1. The van der Waals surface area contributed by atoms with Gasteiger partial charge in [0.15, 0.2) is 5.82 Å². The van der Waals surface area contributed by atoms with E-state index in [4.69, 9.17) is 8.94 Å². The number of furan rings is 1. The first kappa shape index (κ1) is 16.5. The Bertz CT molecular complexity index is 930. The normalized spacial score (nSPS) is 17.7. The number of aromatic carboxylic acids is 1. The zero-order valence-corrected chi connectivity index (χ0v) is 14.4. The van der Waals surface area contributed by atoms with E-state index >= 15 is 0 Å². The minimum atomic E-state index is -0.967. The minimum Gasteiger partial charge on any atom is -0.478 e. The summed E-state index contributed by atoms with van der Waals surface area (Å²) >= 11 is 0. The van der Waals surface area contributed by atoms with Crippen molar-refractivity contribution in [3.05, 3.63) is 59.4 Å². The number of nitrogens with zero attached hydrogens (tertiary/aromatic N) is 3. The first-order valence-corrected chi connectivity index (χ1v) is 8.57. The summed E-state index contributed by atoms with van der Waals surface area (Å²) in [5.41, 5.74) is 0.813. The fourth-order valence-electron chi connectivity index (χ4n) is 3.45. The molecule has 1 saturated heterocycles. The molecule has 0 spiro atoms. The van der Waals surface area contributed by atoms with E-state index in [-0.39, 0.29) is 11.6 Å². The van der Waals surface area contributed by atoms with Gasteiger partial charge in [-0.3, -0.25) is 4.90 Å². The lowest BCUT2D eigenvalue weighted by Crippen LogP contribution is -2.23. The van der Waals surface area contributed by atoms with Gasteiger partial charge in [0.25, 0.3) is 0 Å². The number of hydrogen-bond donors (Lipinski definition) is 1. The lowest BCUT2D eigenvalue weighted by molar-refractivity contribution is 0.0697. The number of carboxylic acid groups (broad SMARTS) is 1. The number of benzene rings is 1. The highest BCUT2D eigenvalue weighted by Gasteiger charge is 2.30. The molecule has 0 unspecified atom stereocenters. The Morgan fingerprint density at radius 3 is 2.92 bits per heavy atom. The Morgan fingerprint density at radius 1 is 1.31 bits per heavy atom. The van der Waals surface area contributed by atoms with Crippen molar-refractivity contribution in [2.45, 2.75) is 32.4 Å². The molecule has 0 amide bonds. The van der Waals surface area contributed by atoms with Gasteiger partial charge < -0.3 is 14.0 Å². The quantitative estimate of drug-likeness (QED) is 0.748. The molecule has 4 rings (SSSR count). The van der Waals surface area contributed by atoms with Crippen molar-refractivity contribution >= 4 is 5.97 Å². The van der Waals surface area contributed by atoms with Crippen molar-refractivity contribution in [2.75, 3.05) is 6.54 Å². The Balaban J connectivity index is 1.55. The van der Waals surface area contributed by atoms with Crippen LogP contribution in [0.15, 0.2) is 45.3 Å². The maximum Gasteiger partial charge on any atom is 0.336 e. The Morgan fingerprint density at radius 2 is 2.15 bits per heavy atom. The van der Waals surface area contributed by atoms with E-state index < -0.39 is 5.97 Å². The number of likely N-dealkylation sites (tertiary alicyclic amines) is 1. The number of rotatable bonds is 5. The Hall–Kier alpha value is -2.93. The average Bonchev–Trinajstić information content (AvgIpc) is 3.36. The van der Waals surface area contributed by atoms with E-state index in [9.17, 15) is 9.90 Å². The fraction of sp³-hybridized carbons (Fsp3) is 0.316. The molecule has 1 aliphatic heterocycles. The molecule has 26 heavy (non-hydrogen) atoms. The molecule has 3 aromatic rings. The van der Waals surface area contributed by atoms with E-state index in [1.165, 1.54) is 0 Å². The van der Waals surface area contributed by atoms with Crippen molar-refractivity contribution in [3.8, 4) is 11.3 Å². The van der Waals surface area contributed by atoms with Crippen molar-refractivity contribution < 1.29 is 18.8 Å². The van der Waals surface area contributed by atoms with Crippen LogP contribution in [-0.2, 0) is 6.54 Å². The van der Waals surface area contributed by atoms with E-state index in [2.05, 4.69) is 15.0 Å². The molecule has 7 heteroatoms. The number of aryl methyl sites for hydroxylation is 1. The maximum atomic E-state index is 11.4.